The lowest BCUT2D eigenvalue weighted by Gasteiger charge is -1.99. The van der Waals surface area contributed by atoms with E-state index in [1.807, 2.05) is 6.92 Å². The molecule has 0 radical (unpaired) electrons. The van der Waals surface area contributed by atoms with E-state index < -0.39 is 10.2 Å². The van der Waals surface area contributed by atoms with E-state index in [0.717, 1.165) is 12.8 Å². The van der Waals surface area contributed by atoms with Gasteiger partial charge < -0.3 is 12.4 Å². The molecule has 1 rings (SSSR count). The molecule has 1 N–H and O–H groups in total. The molecule has 4 nitrogen and oxygen atoms in total. The summed E-state index contributed by atoms with van der Waals surface area (Å²) < 4.78 is 26.8. The predicted molar refractivity (Wildman–Crippen MR) is 53.9 cm³/mol. The minimum Gasteiger partial charge on any atom is -1.00 e. The number of hydrogen-bond acceptors (Lipinski definition) is 2. The zero-order valence-corrected chi connectivity index (χ0v) is 10.1. The summed E-state index contributed by atoms with van der Waals surface area (Å²) in [4.78, 5) is 0. The summed E-state index contributed by atoms with van der Waals surface area (Å²) in [6.45, 7) is 2.50. The summed E-state index contributed by atoms with van der Waals surface area (Å²) in [5.41, 5.74) is 0. The number of hydrogen-bond donors (Lipinski definition) is 1. The van der Waals surface area contributed by atoms with Crippen molar-refractivity contribution >= 4 is 10.2 Å². The molecule has 0 aliphatic rings. The van der Waals surface area contributed by atoms with Crippen LogP contribution < -0.4 is 21.1 Å². The Morgan fingerprint density at radius 1 is 1.20 bits per heavy atom. The van der Waals surface area contributed by atoms with Crippen LogP contribution in [0.25, 0.3) is 0 Å². The molecule has 86 valence electrons. The van der Waals surface area contributed by atoms with Crippen LogP contribution in [-0.2, 0) is 10.2 Å². The van der Waals surface area contributed by atoms with Crippen LogP contribution in [0.4, 0.5) is 0 Å². The maximum absolute atomic E-state index is 11.6. The lowest BCUT2D eigenvalue weighted by atomic mass is 10.3. The van der Waals surface area contributed by atoms with Crippen LogP contribution in [0, 0.1) is 0 Å². The number of aromatic nitrogens is 1. The molecular weight excluding hydrogens is 236 g/mol. The summed E-state index contributed by atoms with van der Waals surface area (Å²) in [6.07, 6.45) is 4.84. The Bertz CT molecular complexity index is 367. The first-order chi connectivity index (χ1) is 6.67. The van der Waals surface area contributed by atoms with Gasteiger partial charge in [-0.05, 0) is 6.42 Å². The molecule has 0 aliphatic heterocycles. The van der Waals surface area contributed by atoms with Crippen molar-refractivity contribution < 1.29 is 24.8 Å². The van der Waals surface area contributed by atoms with E-state index in [2.05, 4.69) is 4.72 Å². The topological polar surface area (TPSA) is 50.1 Å². The lowest BCUT2D eigenvalue weighted by Crippen LogP contribution is -3.00. The van der Waals surface area contributed by atoms with Crippen molar-refractivity contribution in [3.05, 3.63) is 30.6 Å². The molecule has 0 spiro atoms. The van der Waals surface area contributed by atoms with Crippen molar-refractivity contribution in [2.45, 2.75) is 19.8 Å². The van der Waals surface area contributed by atoms with Gasteiger partial charge in [-0.1, -0.05) is 23.4 Å². The Labute approximate surface area is 96.9 Å². The molecule has 0 fully saturated rings. The Morgan fingerprint density at radius 3 is 2.33 bits per heavy atom. The van der Waals surface area contributed by atoms with Crippen molar-refractivity contribution in [2.75, 3.05) is 6.54 Å². The number of halogens is 1. The van der Waals surface area contributed by atoms with Gasteiger partial charge >= 0.3 is 10.2 Å². The monoisotopic (exact) mass is 250 g/mol. The predicted octanol–water partition coefficient (Wildman–Crippen LogP) is -2.54. The summed E-state index contributed by atoms with van der Waals surface area (Å²) in [6, 6.07) is 5.14. The van der Waals surface area contributed by atoms with E-state index in [1.165, 1.54) is 16.4 Å². The van der Waals surface area contributed by atoms with E-state index in [1.54, 1.807) is 18.2 Å². The third-order valence-corrected chi connectivity index (χ3v) is 3.15. The van der Waals surface area contributed by atoms with Crippen molar-refractivity contribution in [1.29, 1.82) is 0 Å². The fraction of sp³-hybridized carbons (Fsp3) is 0.444. The molecule has 1 aromatic rings. The minimum atomic E-state index is -3.37. The zero-order valence-electron chi connectivity index (χ0n) is 8.56. The standard InChI is InChI=1S/C9H15N2O2S.ClH/c1-2-3-7-10-14(12,13)11-8-5-4-6-9-11;/h4-6,8-10H,2-3,7H2,1H3;1H/q+1;/p-1. The van der Waals surface area contributed by atoms with E-state index >= 15 is 0 Å². The molecular formula is C9H15ClN2O2S. The van der Waals surface area contributed by atoms with E-state index in [9.17, 15) is 8.42 Å². The third-order valence-electron chi connectivity index (χ3n) is 1.78. The molecule has 0 unspecified atom stereocenters. The van der Waals surface area contributed by atoms with Crippen LogP contribution in [0.5, 0.6) is 0 Å². The van der Waals surface area contributed by atoms with Crippen molar-refractivity contribution in [1.82, 2.24) is 4.72 Å². The molecule has 0 saturated heterocycles. The zero-order chi connectivity index (χ0) is 10.4. The summed E-state index contributed by atoms with van der Waals surface area (Å²) >= 11 is 0. The number of nitrogens with one attached hydrogen (secondary N) is 1. The molecule has 0 amide bonds. The molecule has 6 heteroatoms. The number of pyridine rings is 1. The van der Waals surface area contributed by atoms with E-state index in [-0.39, 0.29) is 12.4 Å². The van der Waals surface area contributed by atoms with Crippen LogP contribution in [0.1, 0.15) is 19.8 Å². The van der Waals surface area contributed by atoms with Crippen molar-refractivity contribution in [3.8, 4) is 0 Å². The highest BCUT2D eigenvalue weighted by Crippen LogP contribution is 1.86. The van der Waals surface area contributed by atoms with Crippen LogP contribution >= 0.6 is 0 Å². The van der Waals surface area contributed by atoms with Gasteiger partial charge in [0.1, 0.15) is 0 Å². The fourth-order valence-electron chi connectivity index (χ4n) is 0.996. The summed E-state index contributed by atoms with van der Waals surface area (Å²) in [5.74, 6) is 0. The number of rotatable bonds is 5. The first-order valence-corrected chi connectivity index (χ1v) is 6.07. The first-order valence-electron chi connectivity index (χ1n) is 4.63. The molecule has 15 heavy (non-hydrogen) atoms. The average molecular weight is 251 g/mol. The number of nitrogens with zero attached hydrogens (tertiary/aromatic N) is 1. The van der Waals surface area contributed by atoms with Gasteiger partial charge in [0.25, 0.3) is 0 Å². The highest BCUT2D eigenvalue weighted by molar-refractivity contribution is 7.82. The van der Waals surface area contributed by atoms with Gasteiger partial charge in [0.05, 0.1) is 0 Å². The Balaban J connectivity index is 0.00000196. The minimum absolute atomic E-state index is 0. The van der Waals surface area contributed by atoms with Crippen molar-refractivity contribution in [2.24, 2.45) is 0 Å². The van der Waals surface area contributed by atoms with E-state index in [4.69, 9.17) is 0 Å². The summed E-state index contributed by atoms with van der Waals surface area (Å²) in [5, 5.41) is 0. The van der Waals surface area contributed by atoms with E-state index in [0.29, 0.717) is 6.54 Å². The maximum Gasteiger partial charge on any atom is 0.444 e. The van der Waals surface area contributed by atoms with Gasteiger partial charge in [0, 0.05) is 18.7 Å². The van der Waals surface area contributed by atoms with Crippen molar-refractivity contribution in [3.63, 3.8) is 0 Å². The quantitative estimate of drug-likeness (QED) is 0.463. The first kappa shape index (κ1) is 14.3. The fourth-order valence-corrected chi connectivity index (χ4v) is 2.01. The molecule has 0 saturated carbocycles. The Hall–Kier alpha value is -0.650. The van der Waals surface area contributed by atoms with Crippen LogP contribution in [-0.4, -0.2) is 15.0 Å². The second kappa shape index (κ2) is 6.76. The Morgan fingerprint density at radius 2 is 1.80 bits per heavy atom. The van der Waals surface area contributed by atoms with Gasteiger partial charge in [-0.25, -0.2) is 0 Å². The van der Waals surface area contributed by atoms with Gasteiger partial charge in [-0.3, -0.25) is 0 Å². The molecule has 1 aromatic heterocycles. The van der Waals surface area contributed by atoms with Crippen LogP contribution in [0.15, 0.2) is 30.6 Å². The van der Waals surface area contributed by atoms with Gasteiger partial charge in [-0.15, -0.1) is 8.42 Å². The highest BCUT2D eigenvalue weighted by Gasteiger charge is 2.18. The molecule has 0 aliphatic carbocycles. The second-order valence-electron chi connectivity index (χ2n) is 2.96. The number of unbranched alkanes of at least 4 members (excludes halogenated alkanes) is 1. The lowest BCUT2D eigenvalue weighted by molar-refractivity contribution is -0.512. The third kappa shape index (κ3) is 4.59. The van der Waals surface area contributed by atoms with Gasteiger partial charge in [0.2, 0.25) is 0 Å². The summed E-state index contributed by atoms with van der Waals surface area (Å²) in [7, 11) is -3.37. The highest BCUT2D eigenvalue weighted by atomic mass is 35.5. The normalized spacial score (nSPS) is 10.7. The smallest absolute Gasteiger partial charge is 0.444 e. The van der Waals surface area contributed by atoms with Crippen LogP contribution in [0.2, 0.25) is 0 Å². The maximum atomic E-state index is 11.6. The molecule has 1 heterocycles. The SMILES string of the molecule is CCCCNS(=O)(=O)[n+]1ccccc1.[Cl-]. The second-order valence-corrected chi connectivity index (χ2v) is 4.62. The Kier molecular flexibility index (Phi) is 6.47. The average Bonchev–Trinajstić information content (AvgIpc) is 2.19. The molecule has 0 aromatic carbocycles. The largest absolute Gasteiger partial charge is 1.00 e. The van der Waals surface area contributed by atoms with Crippen LogP contribution in [0.3, 0.4) is 0 Å². The molecule has 0 atom stereocenters. The molecule has 0 bridgehead atoms. The van der Waals surface area contributed by atoms with Gasteiger partial charge in [0.15, 0.2) is 12.4 Å². The van der Waals surface area contributed by atoms with Gasteiger partial charge in [-0.2, -0.15) is 4.72 Å².